The van der Waals surface area contributed by atoms with Gasteiger partial charge in [-0.1, -0.05) is 17.7 Å². The summed E-state index contributed by atoms with van der Waals surface area (Å²) >= 11 is 1.40. The zero-order valence-electron chi connectivity index (χ0n) is 15.1. The summed E-state index contributed by atoms with van der Waals surface area (Å²) in [5.74, 6) is -1.38. The molecule has 0 radical (unpaired) electrons. The van der Waals surface area contributed by atoms with Crippen LogP contribution in [0.4, 0.5) is 5.00 Å². The van der Waals surface area contributed by atoms with Crippen molar-refractivity contribution in [1.82, 2.24) is 0 Å². The van der Waals surface area contributed by atoms with Crippen LogP contribution in [-0.4, -0.2) is 31.1 Å². The molecule has 0 saturated heterocycles. The lowest BCUT2D eigenvalue weighted by molar-refractivity contribution is -0.125. The fourth-order valence-electron chi connectivity index (χ4n) is 3.64. The molecule has 0 unspecified atom stereocenters. The van der Waals surface area contributed by atoms with Gasteiger partial charge in [0.05, 0.1) is 18.2 Å². The third kappa shape index (κ3) is 3.12. The first-order valence-electron chi connectivity index (χ1n) is 8.82. The van der Waals surface area contributed by atoms with Gasteiger partial charge in [-0.3, -0.25) is 4.79 Å². The third-order valence-corrected chi connectivity index (χ3v) is 6.19. The highest BCUT2D eigenvalue weighted by atomic mass is 32.1. The Morgan fingerprint density at radius 3 is 2.89 bits per heavy atom. The van der Waals surface area contributed by atoms with Crippen molar-refractivity contribution in [3.05, 3.63) is 50.9 Å². The second kappa shape index (κ2) is 6.81. The van der Waals surface area contributed by atoms with Gasteiger partial charge < -0.3 is 14.8 Å². The van der Waals surface area contributed by atoms with E-state index in [-0.39, 0.29) is 0 Å². The summed E-state index contributed by atoms with van der Waals surface area (Å²) in [7, 11) is 1.33. The number of fused-ring (bicyclic) bond motifs is 2. The van der Waals surface area contributed by atoms with Gasteiger partial charge in [0.2, 0.25) is 0 Å². The van der Waals surface area contributed by atoms with Gasteiger partial charge in [-0.2, -0.15) is 0 Å². The molecule has 1 aliphatic carbocycles. The number of rotatable bonds is 3. The van der Waals surface area contributed by atoms with Gasteiger partial charge in [-0.05, 0) is 43.4 Å². The summed E-state index contributed by atoms with van der Waals surface area (Å²) in [6.45, 7) is 1.90. The maximum atomic E-state index is 12.7. The number of aryl methyl sites for hydroxylation is 2. The van der Waals surface area contributed by atoms with Crippen LogP contribution in [0.1, 0.15) is 48.7 Å². The number of cyclic esters (lactones) is 1. The van der Waals surface area contributed by atoms with Crippen molar-refractivity contribution in [2.45, 2.75) is 38.7 Å². The molecule has 0 bridgehead atoms. The number of carbonyl (C=O) groups is 3. The van der Waals surface area contributed by atoms with Crippen molar-refractivity contribution in [2.24, 2.45) is 0 Å². The summed E-state index contributed by atoms with van der Waals surface area (Å²) in [5, 5.41) is 3.26. The van der Waals surface area contributed by atoms with E-state index in [9.17, 15) is 14.4 Å². The molecule has 1 amide bonds. The number of thiophene rings is 1. The van der Waals surface area contributed by atoms with Crippen molar-refractivity contribution in [2.75, 3.05) is 12.4 Å². The molecule has 0 saturated carbocycles. The topological polar surface area (TPSA) is 81.7 Å². The zero-order valence-corrected chi connectivity index (χ0v) is 15.9. The SMILES string of the molecule is COC(=O)c1c(NC(=O)[C@H]2Cc3ccc(C)cc3C(=O)O2)sc2c1CCC2. The number of hydrogen-bond donors (Lipinski definition) is 1. The lowest BCUT2D eigenvalue weighted by Gasteiger charge is -2.24. The molecule has 1 aromatic carbocycles. The van der Waals surface area contributed by atoms with Gasteiger partial charge in [-0.15, -0.1) is 11.3 Å². The fraction of sp³-hybridized carbons (Fsp3) is 0.350. The Morgan fingerprint density at radius 1 is 1.30 bits per heavy atom. The van der Waals surface area contributed by atoms with Gasteiger partial charge in [-0.25, -0.2) is 9.59 Å². The van der Waals surface area contributed by atoms with Gasteiger partial charge in [0.1, 0.15) is 5.00 Å². The first-order valence-corrected chi connectivity index (χ1v) is 9.63. The second-order valence-electron chi connectivity index (χ2n) is 6.80. The molecule has 0 spiro atoms. The summed E-state index contributed by atoms with van der Waals surface area (Å²) in [4.78, 5) is 38.3. The molecule has 1 N–H and O–H groups in total. The van der Waals surface area contributed by atoms with Crippen LogP contribution in [0.15, 0.2) is 18.2 Å². The normalized spacial score (nSPS) is 17.7. The summed E-state index contributed by atoms with van der Waals surface area (Å²) in [5.41, 5.74) is 3.65. The standard InChI is InChI=1S/C20H19NO5S/c1-10-6-7-11-9-14(26-19(23)13(11)8-10)17(22)21-18-16(20(24)25-2)12-4-3-5-15(12)27-18/h6-8,14H,3-5,9H2,1-2H3,(H,21,22)/t14-/m1/s1. The number of nitrogens with one attached hydrogen (secondary N) is 1. The highest BCUT2D eigenvalue weighted by molar-refractivity contribution is 7.17. The number of anilines is 1. The van der Waals surface area contributed by atoms with E-state index in [0.29, 0.717) is 22.5 Å². The quantitative estimate of drug-likeness (QED) is 0.822. The largest absolute Gasteiger partial charge is 0.465 e. The number of ether oxygens (including phenoxy) is 2. The van der Waals surface area contributed by atoms with Crippen LogP contribution in [0.25, 0.3) is 0 Å². The maximum absolute atomic E-state index is 12.7. The minimum Gasteiger partial charge on any atom is -0.465 e. The molecule has 7 heteroatoms. The maximum Gasteiger partial charge on any atom is 0.341 e. The average Bonchev–Trinajstić information content (AvgIpc) is 3.22. The molecule has 0 fully saturated rings. The number of carbonyl (C=O) groups excluding carboxylic acids is 3. The summed E-state index contributed by atoms with van der Waals surface area (Å²) in [6.07, 6.45) is 2.08. The molecule has 4 rings (SSSR count). The predicted octanol–water partition coefficient (Wildman–Crippen LogP) is 3.05. The molecule has 2 aliphatic rings. The van der Waals surface area contributed by atoms with Crippen LogP contribution < -0.4 is 5.32 Å². The zero-order chi connectivity index (χ0) is 19.1. The molecule has 1 aromatic heterocycles. The van der Waals surface area contributed by atoms with Crippen LogP contribution in [-0.2, 0) is 33.5 Å². The highest BCUT2D eigenvalue weighted by Crippen LogP contribution is 2.39. The average molecular weight is 385 g/mol. The summed E-state index contributed by atoms with van der Waals surface area (Å²) < 4.78 is 10.2. The van der Waals surface area contributed by atoms with E-state index >= 15 is 0 Å². The first kappa shape index (κ1) is 17.7. The first-order chi connectivity index (χ1) is 13.0. The van der Waals surface area contributed by atoms with E-state index in [4.69, 9.17) is 9.47 Å². The molecule has 1 atom stereocenters. The number of hydrogen-bond acceptors (Lipinski definition) is 6. The second-order valence-corrected chi connectivity index (χ2v) is 7.91. The van der Waals surface area contributed by atoms with Crippen molar-refractivity contribution >= 4 is 34.2 Å². The summed E-state index contributed by atoms with van der Waals surface area (Å²) in [6, 6.07) is 5.53. The van der Waals surface area contributed by atoms with Crippen LogP contribution in [0.3, 0.4) is 0 Å². The number of methoxy groups -OCH3 is 1. The minimum absolute atomic E-state index is 0.311. The number of esters is 2. The van der Waals surface area contributed by atoms with Crippen molar-refractivity contribution in [1.29, 1.82) is 0 Å². The molecule has 140 valence electrons. The Balaban J connectivity index is 1.58. The van der Waals surface area contributed by atoms with Crippen molar-refractivity contribution < 1.29 is 23.9 Å². The molecule has 2 aromatic rings. The van der Waals surface area contributed by atoms with Gasteiger partial charge >= 0.3 is 11.9 Å². The smallest absolute Gasteiger partial charge is 0.341 e. The van der Waals surface area contributed by atoms with Gasteiger partial charge in [0.25, 0.3) is 5.91 Å². The van der Waals surface area contributed by atoms with E-state index in [0.717, 1.165) is 40.8 Å². The Kier molecular flexibility index (Phi) is 4.47. The fourth-order valence-corrected chi connectivity index (χ4v) is 4.92. The van der Waals surface area contributed by atoms with Gasteiger partial charge in [0.15, 0.2) is 6.10 Å². The number of amides is 1. The molecule has 2 heterocycles. The third-order valence-electron chi connectivity index (χ3n) is 4.98. The monoisotopic (exact) mass is 385 g/mol. The lowest BCUT2D eigenvalue weighted by Crippen LogP contribution is -2.38. The van der Waals surface area contributed by atoms with E-state index in [1.54, 1.807) is 6.07 Å². The minimum atomic E-state index is -0.921. The molecule has 6 nitrogen and oxygen atoms in total. The van der Waals surface area contributed by atoms with Crippen LogP contribution in [0.2, 0.25) is 0 Å². The van der Waals surface area contributed by atoms with Crippen molar-refractivity contribution in [3.63, 3.8) is 0 Å². The predicted molar refractivity (Wildman–Crippen MR) is 100 cm³/mol. The van der Waals surface area contributed by atoms with Crippen LogP contribution >= 0.6 is 11.3 Å². The van der Waals surface area contributed by atoms with E-state index in [1.165, 1.54) is 18.4 Å². The Hall–Kier alpha value is -2.67. The van der Waals surface area contributed by atoms with E-state index in [2.05, 4.69) is 5.32 Å². The van der Waals surface area contributed by atoms with E-state index in [1.807, 2.05) is 19.1 Å². The van der Waals surface area contributed by atoms with Crippen LogP contribution in [0, 0.1) is 6.92 Å². The Bertz CT molecular complexity index is 962. The molecular formula is C20H19NO5S. The molecular weight excluding hydrogens is 366 g/mol. The highest BCUT2D eigenvalue weighted by Gasteiger charge is 2.34. The lowest BCUT2D eigenvalue weighted by atomic mass is 9.96. The molecule has 1 aliphatic heterocycles. The number of benzene rings is 1. The van der Waals surface area contributed by atoms with E-state index < -0.39 is 23.9 Å². The van der Waals surface area contributed by atoms with Gasteiger partial charge in [0, 0.05) is 11.3 Å². The Morgan fingerprint density at radius 2 is 2.11 bits per heavy atom. The van der Waals surface area contributed by atoms with Crippen molar-refractivity contribution in [3.8, 4) is 0 Å². The molecule has 27 heavy (non-hydrogen) atoms. The Labute approximate surface area is 160 Å². The van der Waals surface area contributed by atoms with Crippen LogP contribution in [0.5, 0.6) is 0 Å².